The molecule has 5 unspecified atom stereocenters. The molecule has 0 aromatic heterocycles. The van der Waals surface area contributed by atoms with Gasteiger partial charge in [0, 0.05) is 6.42 Å². The highest BCUT2D eigenvalue weighted by atomic mass is 32.2. The quantitative estimate of drug-likeness (QED) is 0.632. The van der Waals surface area contributed by atoms with Gasteiger partial charge in [-0.2, -0.15) is 0 Å². The van der Waals surface area contributed by atoms with Crippen LogP contribution in [0.1, 0.15) is 16.7 Å². The number of aryl methyl sites for hydroxylation is 1. The molecule has 1 saturated heterocycles. The van der Waals surface area contributed by atoms with Gasteiger partial charge in [0.2, 0.25) is 0 Å². The van der Waals surface area contributed by atoms with E-state index in [0.29, 0.717) is 12.2 Å². The second-order valence-corrected chi connectivity index (χ2v) is 7.93. The maximum absolute atomic E-state index is 10.3. The lowest BCUT2D eigenvalue weighted by atomic mass is 10.0. The summed E-state index contributed by atoms with van der Waals surface area (Å²) in [7, 11) is 0. The van der Waals surface area contributed by atoms with Crippen LogP contribution in [0.3, 0.4) is 0 Å². The van der Waals surface area contributed by atoms with Gasteiger partial charge in [-0.05, 0) is 24.1 Å². The summed E-state index contributed by atoms with van der Waals surface area (Å²) >= 11 is 1.13. The predicted octanol–water partition coefficient (Wildman–Crippen LogP) is 1.48. The van der Waals surface area contributed by atoms with E-state index in [9.17, 15) is 20.4 Å². The Balaban J connectivity index is 1.78. The Labute approximate surface area is 157 Å². The third-order valence-corrected chi connectivity index (χ3v) is 6.00. The number of hydrogen-bond acceptors (Lipinski definition) is 6. The largest absolute Gasteiger partial charge is 0.477 e. The number of rotatable bonds is 5. The molecule has 5 nitrogen and oxygen atoms in total. The van der Waals surface area contributed by atoms with Crippen molar-refractivity contribution in [2.24, 2.45) is 0 Å². The zero-order valence-electron chi connectivity index (χ0n) is 14.5. The average Bonchev–Trinajstić information content (AvgIpc) is 2.65. The van der Waals surface area contributed by atoms with Crippen LogP contribution in [-0.2, 0) is 6.42 Å². The van der Waals surface area contributed by atoms with E-state index < -0.39 is 29.0 Å². The van der Waals surface area contributed by atoms with Gasteiger partial charge < -0.3 is 25.2 Å². The van der Waals surface area contributed by atoms with Crippen LogP contribution in [0.15, 0.2) is 48.5 Å². The third kappa shape index (κ3) is 4.22. The number of para-hydroxylation sites is 1. The lowest BCUT2D eigenvalue weighted by Crippen LogP contribution is -2.55. The van der Waals surface area contributed by atoms with Gasteiger partial charge in [-0.15, -0.1) is 11.8 Å². The highest BCUT2D eigenvalue weighted by Crippen LogP contribution is 2.35. The second-order valence-electron chi connectivity index (χ2n) is 6.59. The van der Waals surface area contributed by atoms with Gasteiger partial charge in [0.1, 0.15) is 18.0 Å². The van der Waals surface area contributed by atoms with E-state index in [4.69, 9.17) is 4.74 Å². The second kappa shape index (κ2) is 8.41. The first-order valence-corrected chi connectivity index (χ1v) is 9.54. The van der Waals surface area contributed by atoms with Crippen LogP contribution >= 0.6 is 11.8 Å². The number of thioether (sulfide) groups is 1. The van der Waals surface area contributed by atoms with Crippen LogP contribution in [0, 0.1) is 6.92 Å². The fraction of sp³-hybridized carbons (Fsp3) is 0.400. The van der Waals surface area contributed by atoms with Crippen LogP contribution in [0.4, 0.5) is 0 Å². The Bertz CT molecular complexity index is 718. The molecule has 0 amide bonds. The van der Waals surface area contributed by atoms with Gasteiger partial charge in [-0.1, -0.05) is 48.0 Å². The summed E-state index contributed by atoms with van der Waals surface area (Å²) in [5.41, 5.74) is 2.53. The van der Waals surface area contributed by atoms with Gasteiger partial charge >= 0.3 is 0 Å². The Morgan fingerprint density at radius 3 is 2.31 bits per heavy atom. The normalized spacial score (nSPS) is 28.7. The molecule has 6 heteroatoms. The summed E-state index contributed by atoms with van der Waals surface area (Å²) in [6.45, 7) is 1.74. The van der Waals surface area contributed by atoms with Crippen molar-refractivity contribution in [1.82, 2.24) is 0 Å². The monoisotopic (exact) mass is 376 g/mol. The molecule has 1 heterocycles. The molecule has 3 rings (SSSR count). The molecule has 0 spiro atoms. The number of aliphatic hydroxyl groups excluding tert-OH is 4. The van der Waals surface area contributed by atoms with Crippen LogP contribution < -0.4 is 4.74 Å². The fourth-order valence-electron chi connectivity index (χ4n) is 2.98. The number of ether oxygens (including phenoxy) is 1. The lowest BCUT2D eigenvalue weighted by molar-refractivity contribution is -0.0910. The highest BCUT2D eigenvalue weighted by molar-refractivity contribution is 8.00. The molecular weight excluding hydrogens is 352 g/mol. The van der Waals surface area contributed by atoms with Crippen molar-refractivity contribution in [1.29, 1.82) is 0 Å². The van der Waals surface area contributed by atoms with Crippen molar-refractivity contribution in [3.8, 4) is 5.75 Å². The van der Waals surface area contributed by atoms with Crippen molar-refractivity contribution >= 4 is 11.8 Å². The van der Waals surface area contributed by atoms with Gasteiger partial charge in [0.05, 0.1) is 18.0 Å². The van der Waals surface area contributed by atoms with Crippen molar-refractivity contribution in [3.63, 3.8) is 0 Å². The van der Waals surface area contributed by atoms with Crippen molar-refractivity contribution in [3.05, 3.63) is 65.2 Å². The van der Waals surface area contributed by atoms with Crippen molar-refractivity contribution in [2.45, 2.75) is 42.3 Å². The van der Waals surface area contributed by atoms with E-state index in [0.717, 1.165) is 22.9 Å². The maximum atomic E-state index is 10.3. The van der Waals surface area contributed by atoms with Crippen LogP contribution in [0.2, 0.25) is 0 Å². The standard InChI is InChI=1S/C20H24O5S/c1-12-6-8-13(9-7-12)10-14-4-2-3-5-15(14)25-20-19(24)18(23)17(22)16(11-21)26-20/h2-9,16-24H,10-11H2,1H3. The molecular formula is C20H24O5S. The van der Waals surface area contributed by atoms with Crippen molar-refractivity contribution < 1.29 is 25.2 Å². The fourth-order valence-corrected chi connectivity index (χ4v) is 4.21. The topological polar surface area (TPSA) is 90.2 Å². The molecule has 0 bridgehead atoms. The minimum Gasteiger partial charge on any atom is -0.477 e. The molecule has 26 heavy (non-hydrogen) atoms. The first-order chi connectivity index (χ1) is 12.5. The summed E-state index contributed by atoms with van der Waals surface area (Å²) in [6.07, 6.45) is -3.12. The summed E-state index contributed by atoms with van der Waals surface area (Å²) in [5, 5.41) is 39.0. The van der Waals surface area contributed by atoms with E-state index in [2.05, 4.69) is 24.3 Å². The summed E-state index contributed by atoms with van der Waals surface area (Å²) in [6, 6.07) is 15.8. The zero-order valence-corrected chi connectivity index (χ0v) is 15.3. The Hall–Kier alpha value is -1.57. The molecule has 4 N–H and O–H groups in total. The van der Waals surface area contributed by atoms with Crippen LogP contribution in [0.25, 0.3) is 0 Å². The molecule has 2 aromatic rings. The molecule has 5 atom stereocenters. The van der Waals surface area contributed by atoms with Crippen LogP contribution in [-0.4, -0.2) is 56.0 Å². The summed E-state index contributed by atoms with van der Waals surface area (Å²) in [5.74, 6) is 0.616. The molecule has 2 aromatic carbocycles. The van der Waals surface area contributed by atoms with Gasteiger partial charge in [0.25, 0.3) is 0 Å². The molecule has 1 aliphatic rings. The van der Waals surface area contributed by atoms with E-state index in [-0.39, 0.29) is 6.61 Å². The molecule has 1 fully saturated rings. The Morgan fingerprint density at radius 2 is 1.62 bits per heavy atom. The third-order valence-electron chi connectivity index (χ3n) is 4.58. The van der Waals surface area contributed by atoms with Gasteiger partial charge in [-0.3, -0.25) is 0 Å². The van der Waals surface area contributed by atoms with E-state index in [1.807, 2.05) is 31.2 Å². The average molecular weight is 376 g/mol. The lowest BCUT2D eigenvalue weighted by Gasteiger charge is -2.39. The molecule has 0 aliphatic carbocycles. The van der Waals surface area contributed by atoms with Gasteiger partial charge in [0.15, 0.2) is 5.44 Å². The first-order valence-electron chi connectivity index (χ1n) is 8.60. The minimum atomic E-state index is -1.36. The molecule has 1 aliphatic heterocycles. The van der Waals surface area contributed by atoms with E-state index in [1.165, 1.54) is 5.56 Å². The smallest absolute Gasteiger partial charge is 0.173 e. The summed E-state index contributed by atoms with van der Waals surface area (Å²) in [4.78, 5) is 0. The molecule has 0 saturated carbocycles. The number of aliphatic hydroxyl groups is 4. The SMILES string of the molecule is Cc1ccc(Cc2ccccc2OC2SC(CO)C(O)C(O)C2O)cc1. The summed E-state index contributed by atoms with van der Waals surface area (Å²) < 4.78 is 5.98. The number of benzene rings is 2. The molecule has 0 radical (unpaired) electrons. The molecule has 140 valence electrons. The van der Waals surface area contributed by atoms with Crippen LogP contribution in [0.5, 0.6) is 5.75 Å². The Kier molecular flexibility index (Phi) is 6.21. The first kappa shape index (κ1) is 19.2. The van der Waals surface area contributed by atoms with E-state index >= 15 is 0 Å². The number of hydrogen-bond donors (Lipinski definition) is 4. The van der Waals surface area contributed by atoms with E-state index in [1.54, 1.807) is 0 Å². The minimum absolute atomic E-state index is 0.305. The maximum Gasteiger partial charge on any atom is 0.173 e. The Morgan fingerprint density at radius 1 is 0.923 bits per heavy atom. The van der Waals surface area contributed by atoms with Gasteiger partial charge in [-0.25, -0.2) is 0 Å². The zero-order chi connectivity index (χ0) is 18.7. The van der Waals surface area contributed by atoms with Crippen molar-refractivity contribution in [2.75, 3.05) is 6.61 Å². The predicted molar refractivity (Wildman–Crippen MR) is 101 cm³/mol. The highest BCUT2D eigenvalue weighted by Gasteiger charge is 2.44.